The summed E-state index contributed by atoms with van der Waals surface area (Å²) in [4.78, 5) is 29.0. The number of carbonyl (C=O) groups excluding carboxylic acids is 2. The molecule has 31 heavy (non-hydrogen) atoms. The second-order valence-electron chi connectivity index (χ2n) is 6.93. The van der Waals surface area contributed by atoms with E-state index >= 15 is 0 Å². The smallest absolute Gasteiger partial charge is 0.253 e. The maximum atomic E-state index is 12.8. The average molecular weight is 479 g/mol. The molecule has 0 aliphatic rings. The van der Waals surface area contributed by atoms with Crippen molar-refractivity contribution in [1.82, 2.24) is 25.1 Å². The van der Waals surface area contributed by atoms with Crippen molar-refractivity contribution in [3.05, 3.63) is 52.3 Å². The van der Waals surface area contributed by atoms with Gasteiger partial charge in [0.2, 0.25) is 5.91 Å². The first-order valence-electron chi connectivity index (χ1n) is 9.71. The molecule has 164 valence electrons. The van der Waals surface area contributed by atoms with E-state index in [1.165, 1.54) is 23.1 Å². The number of nitrogens with one attached hydrogen (secondary N) is 2. The lowest BCUT2D eigenvalue weighted by Gasteiger charge is -2.22. The van der Waals surface area contributed by atoms with Crippen LogP contribution in [0.2, 0.25) is 5.02 Å². The number of amides is 2. The maximum absolute atomic E-state index is 12.8. The Bertz CT molecular complexity index is 1040. The Morgan fingerprint density at radius 3 is 2.68 bits per heavy atom. The van der Waals surface area contributed by atoms with Crippen molar-refractivity contribution in [1.29, 1.82) is 0 Å². The Kier molecular flexibility index (Phi) is 8.05. The van der Waals surface area contributed by atoms with Gasteiger partial charge < -0.3 is 15.2 Å². The van der Waals surface area contributed by atoms with Gasteiger partial charge in [-0.2, -0.15) is 0 Å². The highest BCUT2D eigenvalue weighted by Crippen LogP contribution is 2.26. The van der Waals surface area contributed by atoms with Gasteiger partial charge >= 0.3 is 0 Å². The third kappa shape index (κ3) is 5.84. The van der Waals surface area contributed by atoms with E-state index in [9.17, 15) is 9.59 Å². The Labute approximate surface area is 193 Å². The molecule has 0 radical (unpaired) electrons. The first-order chi connectivity index (χ1) is 14.9. The molecule has 0 fully saturated rings. The van der Waals surface area contributed by atoms with E-state index in [0.717, 1.165) is 0 Å². The highest BCUT2D eigenvalue weighted by Gasteiger charge is 2.26. The van der Waals surface area contributed by atoms with E-state index < -0.39 is 0 Å². The molecule has 0 aliphatic heterocycles. The van der Waals surface area contributed by atoms with Gasteiger partial charge in [-0.3, -0.25) is 9.59 Å². The number of aromatic nitrogens is 4. The van der Waals surface area contributed by atoms with Crippen LogP contribution in [0.4, 0.5) is 5.13 Å². The predicted molar refractivity (Wildman–Crippen MR) is 124 cm³/mol. The van der Waals surface area contributed by atoms with Crippen LogP contribution in [-0.2, 0) is 11.3 Å². The van der Waals surface area contributed by atoms with Gasteiger partial charge in [0.1, 0.15) is 0 Å². The van der Waals surface area contributed by atoms with Crippen molar-refractivity contribution < 1.29 is 9.59 Å². The number of thiazole rings is 1. The van der Waals surface area contributed by atoms with Gasteiger partial charge in [0.15, 0.2) is 16.1 Å². The van der Waals surface area contributed by atoms with Gasteiger partial charge in [-0.1, -0.05) is 49.3 Å². The summed E-state index contributed by atoms with van der Waals surface area (Å²) in [6.07, 6.45) is 1.64. The highest BCUT2D eigenvalue weighted by atomic mass is 35.5. The van der Waals surface area contributed by atoms with E-state index in [-0.39, 0.29) is 29.5 Å². The topological polar surface area (TPSA) is 102 Å². The maximum Gasteiger partial charge on any atom is 0.253 e. The molecule has 2 aromatic heterocycles. The normalized spacial score (nSPS) is 12.0. The number of rotatable bonds is 9. The lowest BCUT2D eigenvalue weighted by Crippen LogP contribution is -2.34. The van der Waals surface area contributed by atoms with Gasteiger partial charge in [0, 0.05) is 18.1 Å². The Hall–Kier alpha value is -2.43. The number of carbonyl (C=O) groups is 2. The number of hydrogen-bond donors (Lipinski definition) is 2. The minimum atomic E-state index is -0.366. The van der Waals surface area contributed by atoms with Crippen molar-refractivity contribution in [2.45, 2.75) is 38.5 Å². The Balaban J connectivity index is 1.73. The van der Waals surface area contributed by atoms with Crippen molar-refractivity contribution in [2.75, 3.05) is 11.1 Å². The zero-order chi connectivity index (χ0) is 22.4. The van der Waals surface area contributed by atoms with Crippen LogP contribution < -0.4 is 10.6 Å². The van der Waals surface area contributed by atoms with Crippen LogP contribution in [0.5, 0.6) is 0 Å². The van der Waals surface area contributed by atoms with Gasteiger partial charge in [-0.15, -0.1) is 21.5 Å². The molecule has 1 atom stereocenters. The quantitative estimate of drug-likeness (QED) is 0.445. The van der Waals surface area contributed by atoms with E-state index in [1.54, 1.807) is 35.8 Å². The van der Waals surface area contributed by atoms with Gasteiger partial charge in [-0.25, -0.2) is 4.98 Å². The molecule has 3 rings (SSSR count). The van der Waals surface area contributed by atoms with Crippen LogP contribution in [0.1, 0.15) is 43.0 Å². The Morgan fingerprint density at radius 2 is 2.03 bits per heavy atom. The summed E-state index contributed by atoms with van der Waals surface area (Å²) in [5.41, 5.74) is 0.408. The van der Waals surface area contributed by atoms with Crippen LogP contribution in [-0.4, -0.2) is 37.3 Å². The van der Waals surface area contributed by atoms with E-state index in [1.807, 2.05) is 25.3 Å². The molecule has 0 bridgehead atoms. The molecular formula is C20H23ClN6O2S2. The molecule has 0 saturated heterocycles. The molecule has 0 spiro atoms. The summed E-state index contributed by atoms with van der Waals surface area (Å²) in [6, 6.07) is 6.55. The van der Waals surface area contributed by atoms with E-state index in [4.69, 9.17) is 11.6 Å². The minimum Gasteiger partial charge on any atom is -0.342 e. The molecule has 1 aromatic carbocycles. The summed E-state index contributed by atoms with van der Waals surface area (Å²) in [6.45, 7) is 6.57. The molecule has 2 amide bonds. The van der Waals surface area contributed by atoms with E-state index in [2.05, 4.69) is 25.8 Å². The van der Waals surface area contributed by atoms with Gasteiger partial charge in [-0.05, 0) is 25.0 Å². The SMILES string of the molecule is CCn1c(SCC(=O)Nc2nccs2)nnc1[C@@H](NC(=O)c1ccccc1Cl)C(C)C. The first kappa shape index (κ1) is 23.2. The zero-order valence-electron chi connectivity index (χ0n) is 17.3. The first-order valence-corrected chi connectivity index (χ1v) is 12.0. The fraction of sp³-hybridized carbons (Fsp3) is 0.350. The second-order valence-corrected chi connectivity index (χ2v) is 9.18. The molecule has 0 saturated carbocycles. The fourth-order valence-corrected chi connectivity index (χ4v) is 4.47. The van der Waals surface area contributed by atoms with Gasteiger partial charge in [0.05, 0.1) is 22.4 Å². The standard InChI is InChI=1S/C20H23ClN6O2S2/c1-4-27-17(16(12(2)3)24-18(29)13-7-5-6-8-14(13)21)25-26-20(27)31-11-15(28)23-19-22-9-10-30-19/h5-10,12,16H,4,11H2,1-3H3,(H,24,29)(H,22,23,28)/t16-/m0/s1. The number of anilines is 1. The molecule has 2 N–H and O–H groups in total. The molecule has 8 nitrogen and oxygen atoms in total. The largest absolute Gasteiger partial charge is 0.342 e. The van der Waals surface area contributed by atoms with Crippen molar-refractivity contribution in [3.8, 4) is 0 Å². The summed E-state index contributed by atoms with van der Waals surface area (Å²) < 4.78 is 1.92. The number of nitrogens with zero attached hydrogens (tertiary/aromatic N) is 4. The average Bonchev–Trinajstić information content (AvgIpc) is 3.39. The summed E-state index contributed by atoms with van der Waals surface area (Å²) in [5.74, 6) is 0.440. The van der Waals surface area contributed by atoms with Crippen LogP contribution in [0.15, 0.2) is 41.0 Å². The van der Waals surface area contributed by atoms with Crippen molar-refractivity contribution >= 4 is 51.6 Å². The Morgan fingerprint density at radius 1 is 1.26 bits per heavy atom. The highest BCUT2D eigenvalue weighted by molar-refractivity contribution is 7.99. The molecule has 3 aromatic rings. The monoisotopic (exact) mass is 478 g/mol. The summed E-state index contributed by atoms with van der Waals surface area (Å²) >= 11 is 8.82. The zero-order valence-corrected chi connectivity index (χ0v) is 19.7. The molecule has 11 heteroatoms. The number of hydrogen-bond acceptors (Lipinski definition) is 7. The fourth-order valence-electron chi connectivity index (χ4n) is 2.90. The predicted octanol–water partition coefficient (Wildman–Crippen LogP) is 4.27. The van der Waals surface area contributed by atoms with Gasteiger partial charge in [0.25, 0.3) is 5.91 Å². The molecular weight excluding hydrogens is 456 g/mol. The molecule has 0 unspecified atom stereocenters. The number of thioether (sulfide) groups is 1. The summed E-state index contributed by atoms with van der Waals surface area (Å²) in [5, 5.41) is 17.7. The number of benzene rings is 1. The second kappa shape index (κ2) is 10.7. The lowest BCUT2D eigenvalue weighted by atomic mass is 10.0. The number of halogens is 1. The van der Waals surface area contributed by atoms with Crippen molar-refractivity contribution in [2.24, 2.45) is 5.92 Å². The van der Waals surface area contributed by atoms with Crippen LogP contribution in [0.3, 0.4) is 0 Å². The molecule has 0 aliphatic carbocycles. The van der Waals surface area contributed by atoms with E-state index in [0.29, 0.717) is 33.2 Å². The lowest BCUT2D eigenvalue weighted by molar-refractivity contribution is -0.113. The summed E-state index contributed by atoms with van der Waals surface area (Å²) in [7, 11) is 0. The van der Waals surface area contributed by atoms with Crippen LogP contribution in [0.25, 0.3) is 0 Å². The third-order valence-corrected chi connectivity index (χ3v) is 6.41. The minimum absolute atomic E-state index is 0.0620. The third-order valence-electron chi connectivity index (χ3n) is 4.42. The van der Waals surface area contributed by atoms with Crippen molar-refractivity contribution in [3.63, 3.8) is 0 Å². The van der Waals surface area contributed by atoms with Crippen LogP contribution >= 0.6 is 34.7 Å². The molecule has 2 heterocycles. The van der Waals surface area contributed by atoms with Crippen LogP contribution in [0, 0.1) is 5.92 Å².